The summed E-state index contributed by atoms with van der Waals surface area (Å²) in [5.74, 6) is 1.36. The van der Waals surface area contributed by atoms with Gasteiger partial charge >= 0.3 is 0 Å². The van der Waals surface area contributed by atoms with Crippen LogP contribution in [0.1, 0.15) is 27.7 Å². The molecule has 2 rings (SSSR count). The van der Waals surface area contributed by atoms with Crippen molar-refractivity contribution in [3.63, 3.8) is 0 Å². The van der Waals surface area contributed by atoms with Gasteiger partial charge in [0.15, 0.2) is 0 Å². The molecule has 0 spiro atoms. The van der Waals surface area contributed by atoms with Crippen molar-refractivity contribution in [1.29, 1.82) is 0 Å². The molecule has 0 saturated carbocycles. The zero-order valence-corrected chi connectivity index (χ0v) is 16.9. The van der Waals surface area contributed by atoms with Crippen molar-refractivity contribution < 1.29 is 19.4 Å². The number of hydrogen-bond acceptors (Lipinski definition) is 6. The van der Waals surface area contributed by atoms with Gasteiger partial charge in [0.05, 0.1) is 18.8 Å². The Morgan fingerprint density at radius 1 is 1.37 bits per heavy atom. The van der Waals surface area contributed by atoms with E-state index in [1.807, 2.05) is 26.0 Å². The van der Waals surface area contributed by atoms with Crippen LogP contribution < -0.4 is 19.7 Å². The van der Waals surface area contributed by atoms with Crippen LogP contribution in [-0.4, -0.2) is 74.0 Å². The molecule has 0 fully saturated rings. The van der Waals surface area contributed by atoms with Crippen LogP contribution in [-0.2, 0) is 4.79 Å². The lowest BCUT2D eigenvalue weighted by Crippen LogP contribution is -2.44. The number of fused-ring (bicyclic) bond motifs is 1. The fourth-order valence-electron chi connectivity index (χ4n) is 2.89. The van der Waals surface area contributed by atoms with Crippen LogP contribution in [0.4, 0.5) is 5.69 Å². The van der Waals surface area contributed by atoms with Gasteiger partial charge in [0, 0.05) is 18.7 Å². The second-order valence-electron chi connectivity index (χ2n) is 7.01. The van der Waals surface area contributed by atoms with E-state index >= 15 is 0 Å². The molecule has 0 radical (unpaired) electrons. The third-order valence-corrected chi connectivity index (χ3v) is 4.55. The molecule has 1 aliphatic heterocycles. The third-order valence-electron chi connectivity index (χ3n) is 4.55. The quantitative estimate of drug-likeness (QED) is 0.642. The molecular formula is C20H33N3O4. The number of aliphatic hydroxyl groups excluding tert-OH is 1. The predicted molar refractivity (Wildman–Crippen MR) is 107 cm³/mol. The Bertz CT molecular complexity index is 605. The first-order valence-corrected chi connectivity index (χ1v) is 9.78. The molecule has 1 heterocycles. The predicted octanol–water partition coefficient (Wildman–Crippen LogP) is 1.49. The van der Waals surface area contributed by atoms with Crippen LogP contribution >= 0.6 is 0 Å². The molecular weight excluding hydrogens is 346 g/mol. The highest BCUT2D eigenvalue weighted by atomic mass is 16.5. The Morgan fingerprint density at radius 2 is 2.11 bits per heavy atom. The average molecular weight is 380 g/mol. The Morgan fingerprint density at radius 3 is 2.78 bits per heavy atom. The number of likely N-dealkylation sites (N-methyl/N-ethyl adjacent to an activating group) is 1. The van der Waals surface area contributed by atoms with Crippen LogP contribution in [0.2, 0.25) is 0 Å². The SMILES string of the molecule is CCN(CC)CC(=O)N1CCOc2ccc(OCC(O)CNC(C)C)cc21. The standard InChI is InChI=1S/C20H33N3O4/c1-5-22(6-2)13-20(25)23-9-10-26-19-8-7-17(11-18(19)23)27-14-16(24)12-21-15(3)4/h7-8,11,15-16,21,24H,5-6,9-10,12-14H2,1-4H3. The first kappa shape index (κ1) is 21.5. The van der Waals surface area contributed by atoms with E-state index in [4.69, 9.17) is 9.47 Å². The summed E-state index contributed by atoms with van der Waals surface area (Å²) in [7, 11) is 0. The molecule has 1 atom stereocenters. The number of nitrogens with zero attached hydrogens (tertiary/aromatic N) is 2. The minimum absolute atomic E-state index is 0.0570. The van der Waals surface area contributed by atoms with Crippen LogP contribution in [0.3, 0.4) is 0 Å². The largest absolute Gasteiger partial charge is 0.491 e. The van der Waals surface area contributed by atoms with E-state index in [-0.39, 0.29) is 12.5 Å². The number of carbonyl (C=O) groups is 1. The lowest BCUT2D eigenvalue weighted by atomic mass is 10.2. The number of ether oxygens (including phenoxy) is 2. The van der Waals surface area contributed by atoms with Gasteiger partial charge in [-0.05, 0) is 25.2 Å². The molecule has 7 nitrogen and oxygen atoms in total. The summed E-state index contributed by atoms with van der Waals surface area (Å²) < 4.78 is 11.4. The topological polar surface area (TPSA) is 74.3 Å². The summed E-state index contributed by atoms with van der Waals surface area (Å²) in [5.41, 5.74) is 0.728. The Labute approximate surface area is 162 Å². The van der Waals surface area contributed by atoms with Crippen molar-refractivity contribution in [2.24, 2.45) is 0 Å². The number of carbonyl (C=O) groups excluding carboxylic acids is 1. The second kappa shape index (κ2) is 10.5. The molecule has 0 bridgehead atoms. The summed E-state index contributed by atoms with van der Waals surface area (Å²) in [5, 5.41) is 13.2. The number of benzene rings is 1. The van der Waals surface area contributed by atoms with Gasteiger partial charge in [-0.25, -0.2) is 0 Å². The molecule has 1 aromatic carbocycles. The van der Waals surface area contributed by atoms with Crippen molar-refractivity contribution in [2.45, 2.75) is 39.8 Å². The van der Waals surface area contributed by atoms with Crippen LogP contribution in [0.5, 0.6) is 11.5 Å². The lowest BCUT2D eigenvalue weighted by molar-refractivity contribution is -0.119. The number of anilines is 1. The molecule has 1 unspecified atom stereocenters. The number of amides is 1. The lowest BCUT2D eigenvalue weighted by Gasteiger charge is -2.31. The number of aliphatic hydroxyl groups is 1. The van der Waals surface area contributed by atoms with Crippen LogP contribution in [0.15, 0.2) is 18.2 Å². The Kier molecular flexibility index (Phi) is 8.34. The van der Waals surface area contributed by atoms with Gasteiger partial charge in [-0.3, -0.25) is 9.69 Å². The smallest absolute Gasteiger partial charge is 0.241 e. The highest BCUT2D eigenvalue weighted by Gasteiger charge is 2.25. The maximum Gasteiger partial charge on any atom is 0.241 e. The van der Waals surface area contributed by atoms with Crippen molar-refractivity contribution in [3.8, 4) is 11.5 Å². The number of hydrogen-bond donors (Lipinski definition) is 2. The molecule has 1 amide bonds. The Balaban J connectivity index is 2.03. The van der Waals surface area contributed by atoms with E-state index in [0.717, 1.165) is 18.8 Å². The van der Waals surface area contributed by atoms with E-state index in [1.54, 1.807) is 11.0 Å². The Hall–Kier alpha value is -1.83. The maximum atomic E-state index is 12.8. The van der Waals surface area contributed by atoms with Gasteiger partial charge in [0.1, 0.15) is 30.8 Å². The van der Waals surface area contributed by atoms with Gasteiger partial charge in [-0.2, -0.15) is 0 Å². The fourth-order valence-corrected chi connectivity index (χ4v) is 2.89. The third kappa shape index (κ3) is 6.37. The molecule has 27 heavy (non-hydrogen) atoms. The molecule has 1 aromatic rings. The summed E-state index contributed by atoms with van der Waals surface area (Å²) in [6.07, 6.45) is -0.597. The molecule has 7 heteroatoms. The zero-order chi connectivity index (χ0) is 19.8. The summed E-state index contributed by atoms with van der Waals surface area (Å²) in [6, 6.07) is 5.75. The van der Waals surface area contributed by atoms with E-state index in [2.05, 4.69) is 24.1 Å². The molecule has 0 saturated heterocycles. The molecule has 2 N–H and O–H groups in total. The van der Waals surface area contributed by atoms with E-state index in [1.165, 1.54) is 0 Å². The van der Waals surface area contributed by atoms with E-state index < -0.39 is 6.10 Å². The highest BCUT2D eigenvalue weighted by molar-refractivity contribution is 5.96. The van der Waals surface area contributed by atoms with Gasteiger partial charge in [-0.1, -0.05) is 27.7 Å². The highest BCUT2D eigenvalue weighted by Crippen LogP contribution is 2.35. The van der Waals surface area contributed by atoms with Gasteiger partial charge < -0.3 is 24.8 Å². The number of nitrogens with one attached hydrogen (secondary N) is 1. The van der Waals surface area contributed by atoms with Gasteiger partial charge in [-0.15, -0.1) is 0 Å². The van der Waals surface area contributed by atoms with Gasteiger partial charge in [0.2, 0.25) is 5.91 Å². The van der Waals surface area contributed by atoms with Gasteiger partial charge in [0.25, 0.3) is 0 Å². The van der Waals surface area contributed by atoms with E-state index in [0.29, 0.717) is 43.8 Å². The van der Waals surface area contributed by atoms with E-state index in [9.17, 15) is 9.90 Å². The summed E-state index contributed by atoms with van der Waals surface area (Å²) in [6.45, 7) is 11.9. The van der Waals surface area contributed by atoms with Crippen molar-refractivity contribution in [2.75, 3.05) is 50.8 Å². The normalized spacial score (nSPS) is 14.9. The van der Waals surface area contributed by atoms with Crippen molar-refractivity contribution >= 4 is 11.6 Å². The molecule has 0 aromatic heterocycles. The maximum absolute atomic E-state index is 12.8. The fraction of sp³-hybridized carbons (Fsp3) is 0.650. The van der Waals surface area contributed by atoms with Crippen molar-refractivity contribution in [1.82, 2.24) is 10.2 Å². The summed E-state index contributed by atoms with van der Waals surface area (Å²) in [4.78, 5) is 16.6. The molecule has 152 valence electrons. The first-order valence-electron chi connectivity index (χ1n) is 9.78. The first-order chi connectivity index (χ1) is 12.9. The summed E-state index contributed by atoms with van der Waals surface area (Å²) >= 11 is 0. The zero-order valence-electron chi connectivity index (χ0n) is 16.9. The average Bonchev–Trinajstić information content (AvgIpc) is 2.67. The minimum Gasteiger partial charge on any atom is -0.491 e. The van der Waals surface area contributed by atoms with Crippen LogP contribution in [0.25, 0.3) is 0 Å². The van der Waals surface area contributed by atoms with Crippen LogP contribution in [0, 0.1) is 0 Å². The monoisotopic (exact) mass is 379 g/mol. The number of rotatable bonds is 10. The second-order valence-corrected chi connectivity index (χ2v) is 7.01. The molecule has 1 aliphatic rings. The molecule has 0 aliphatic carbocycles. The van der Waals surface area contributed by atoms with Crippen molar-refractivity contribution in [3.05, 3.63) is 18.2 Å². The minimum atomic E-state index is -0.597.